The van der Waals surface area contributed by atoms with Gasteiger partial charge in [-0.1, -0.05) is 13.8 Å². The molecule has 0 aliphatic rings. The van der Waals surface area contributed by atoms with Gasteiger partial charge in [0.2, 0.25) is 0 Å². The SMILES string of the molecule is Cc1nc(I)c(C(C)C)cc1N. The van der Waals surface area contributed by atoms with Crippen LogP contribution in [0.25, 0.3) is 0 Å². The first-order chi connectivity index (χ1) is 5.52. The van der Waals surface area contributed by atoms with Gasteiger partial charge in [-0.05, 0) is 47.1 Å². The Hall–Kier alpha value is -0.320. The summed E-state index contributed by atoms with van der Waals surface area (Å²) in [4.78, 5) is 4.36. The van der Waals surface area contributed by atoms with Crippen molar-refractivity contribution in [2.45, 2.75) is 26.7 Å². The Labute approximate surface area is 86.7 Å². The summed E-state index contributed by atoms with van der Waals surface area (Å²) in [7, 11) is 0. The maximum absolute atomic E-state index is 5.76. The number of pyridine rings is 1. The number of hydrogen-bond donors (Lipinski definition) is 1. The Morgan fingerprint density at radius 3 is 2.58 bits per heavy atom. The maximum Gasteiger partial charge on any atom is 0.105 e. The summed E-state index contributed by atoms with van der Waals surface area (Å²) in [5.41, 5.74) is 8.71. The highest BCUT2D eigenvalue weighted by atomic mass is 127. The van der Waals surface area contributed by atoms with Crippen molar-refractivity contribution in [1.29, 1.82) is 0 Å². The molecular formula is C9H13IN2. The first-order valence-electron chi connectivity index (χ1n) is 3.95. The quantitative estimate of drug-likeness (QED) is 0.632. The first kappa shape index (κ1) is 9.77. The van der Waals surface area contributed by atoms with Crippen LogP contribution >= 0.6 is 22.6 Å². The van der Waals surface area contributed by atoms with E-state index in [2.05, 4.69) is 41.4 Å². The molecule has 1 rings (SSSR count). The third kappa shape index (κ3) is 1.88. The summed E-state index contributed by atoms with van der Waals surface area (Å²) in [5.74, 6) is 0.493. The smallest absolute Gasteiger partial charge is 0.105 e. The molecule has 0 spiro atoms. The molecule has 1 aromatic heterocycles. The van der Waals surface area contributed by atoms with Gasteiger partial charge in [-0.25, -0.2) is 4.98 Å². The summed E-state index contributed by atoms with van der Waals surface area (Å²) < 4.78 is 1.06. The van der Waals surface area contributed by atoms with Crippen molar-refractivity contribution in [2.24, 2.45) is 0 Å². The van der Waals surface area contributed by atoms with Gasteiger partial charge in [0.15, 0.2) is 0 Å². The molecule has 0 atom stereocenters. The largest absolute Gasteiger partial charge is 0.397 e. The predicted octanol–water partition coefficient (Wildman–Crippen LogP) is 2.70. The standard InChI is InChI=1S/C9H13IN2/c1-5(2)7-4-8(11)6(3)12-9(7)10/h4-5H,11H2,1-3H3. The number of nitrogens with zero attached hydrogens (tertiary/aromatic N) is 1. The minimum Gasteiger partial charge on any atom is -0.397 e. The number of nitrogens with two attached hydrogens (primary N) is 1. The zero-order valence-electron chi connectivity index (χ0n) is 7.56. The molecule has 0 fully saturated rings. The van der Waals surface area contributed by atoms with Crippen molar-refractivity contribution < 1.29 is 0 Å². The van der Waals surface area contributed by atoms with Crippen LogP contribution < -0.4 is 5.73 Å². The average molecular weight is 276 g/mol. The molecule has 0 saturated heterocycles. The van der Waals surface area contributed by atoms with Gasteiger partial charge in [0.25, 0.3) is 0 Å². The van der Waals surface area contributed by atoms with E-state index in [4.69, 9.17) is 5.73 Å². The minimum absolute atomic E-state index is 0.493. The lowest BCUT2D eigenvalue weighted by Crippen LogP contribution is -2.01. The molecule has 0 unspecified atom stereocenters. The van der Waals surface area contributed by atoms with Gasteiger partial charge in [-0.3, -0.25) is 0 Å². The zero-order chi connectivity index (χ0) is 9.30. The molecular weight excluding hydrogens is 263 g/mol. The fourth-order valence-electron chi connectivity index (χ4n) is 1.01. The van der Waals surface area contributed by atoms with Crippen LogP contribution in [-0.4, -0.2) is 4.98 Å². The van der Waals surface area contributed by atoms with Crippen molar-refractivity contribution in [3.8, 4) is 0 Å². The molecule has 12 heavy (non-hydrogen) atoms. The van der Waals surface area contributed by atoms with E-state index in [0.29, 0.717) is 5.92 Å². The van der Waals surface area contributed by atoms with E-state index in [-0.39, 0.29) is 0 Å². The van der Waals surface area contributed by atoms with Crippen LogP contribution in [0.4, 0.5) is 5.69 Å². The molecule has 0 aromatic carbocycles. The van der Waals surface area contributed by atoms with Crippen LogP contribution in [0.15, 0.2) is 6.07 Å². The Kier molecular flexibility index (Phi) is 2.93. The van der Waals surface area contributed by atoms with E-state index in [0.717, 1.165) is 15.1 Å². The van der Waals surface area contributed by atoms with Gasteiger partial charge < -0.3 is 5.73 Å². The molecule has 0 aliphatic heterocycles. The van der Waals surface area contributed by atoms with E-state index < -0.39 is 0 Å². The van der Waals surface area contributed by atoms with Crippen LogP contribution in [0, 0.1) is 10.6 Å². The van der Waals surface area contributed by atoms with E-state index in [1.165, 1.54) is 5.56 Å². The van der Waals surface area contributed by atoms with E-state index >= 15 is 0 Å². The van der Waals surface area contributed by atoms with Crippen LogP contribution in [0.2, 0.25) is 0 Å². The molecule has 0 saturated carbocycles. The van der Waals surface area contributed by atoms with Crippen LogP contribution in [0.1, 0.15) is 31.0 Å². The van der Waals surface area contributed by atoms with E-state index in [1.807, 2.05) is 13.0 Å². The minimum atomic E-state index is 0.493. The summed E-state index contributed by atoms with van der Waals surface area (Å²) in [5, 5.41) is 0. The first-order valence-corrected chi connectivity index (χ1v) is 5.02. The second kappa shape index (κ2) is 3.60. The fourth-order valence-corrected chi connectivity index (χ4v) is 2.15. The number of aromatic nitrogens is 1. The number of nitrogen functional groups attached to an aromatic ring is 1. The predicted molar refractivity (Wildman–Crippen MR) is 60.2 cm³/mol. The van der Waals surface area contributed by atoms with Crippen molar-refractivity contribution in [3.63, 3.8) is 0 Å². The number of hydrogen-bond acceptors (Lipinski definition) is 2. The number of anilines is 1. The van der Waals surface area contributed by atoms with Gasteiger partial charge in [-0.2, -0.15) is 0 Å². The third-order valence-corrected chi connectivity index (χ3v) is 2.72. The monoisotopic (exact) mass is 276 g/mol. The van der Waals surface area contributed by atoms with Gasteiger partial charge in [-0.15, -0.1) is 0 Å². The highest BCUT2D eigenvalue weighted by Gasteiger charge is 2.07. The number of rotatable bonds is 1. The lowest BCUT2D eigenvalue weighted by molar-refractivity contribution is 0.846. The average Bonchev–Trinajstić information content (AvgIpc) is 1.96. The lowest BCUT2D eigenvalue weighted by Gasteiger charge is -2.09. The molecule has 0 bridgehead atoms. The fraction of sp³-hybridized carbons (Fsp3) is 0.444. The number of halogens is 1. The topological polar surface area (TPSA) is 38.9 Å². The molecule has 2 N–H and O–H groups in total. The van der Waals surface area contributed by atoms with Crippen molar-refractivity contribution in [2.75, 3.05) is 5.73 Å². The summed E-state index contributed by atoms with van der Waals surface area (Å²) in [6.07, 6.45) is 0. The molecule has 3 heteroatoms. The van der Waals surface area contributed by atoms with E-state index in [1.54, 1.807) is 0 Å². The summed E-state index contributed by atoms with van der Waals surface area (Å²) >= 11 is 2.25. The molecule has 1 heterocycles. The molecule has 1 aromatic rings. The Morgan fingerprint density at radius 2 is 2.08 bits per heavy atom. The van der Waals surface area contributed by atoms with Gasteiger partial charge in [0.1, 0.15) is 3.70 Å². The van der Waals surface area contributed by atoms with Crippen molar-refractivity contribution in [3.05, 3.63) is 21.0 Å². The highest BCUT2D eigenvalue weighted by molar-refractivity contribution is 14.1. The second-order valence-electron chi connectivity index (χ2n) is 3.20. The van der Waals surface area contributed by atoms with Crippen molar-refractivity contribution in [1.82, 2.24) is 4.98 Å². The normalized spacial score (nSPS) is 10.8. The second-order valence-corrected chi connectivity index (χ2v) is 4.22. The zero-order valence-corrected chi connectivity index (χ0v) is 9.71. The molecule has 0 aliphatic carbocycles. The Morgan fingerprint density at radius 1 is 1.50 bits per heavy atom. The highest BCUT2D eigenvalue weighted by Crippen LogP contribution is 2.23. The Balaban J connectivity index is 3.23. The molecule has 66 valence electrons. The number of aryl methyl sites for hydroxylation is 1. The van der Waals surface area contributed by atoms with Crippen molar-refractivity contribution >= 4 is 28.3 Å². The molecule has 0 radical (unpaired) electrons. The van der Waals surface area contributed by atoms with Gasteiger partial charge in [0, 0.05) is 0 Å². The van der Waals surface area contributed by atoms with Gasteiger partial charge in [0.05, 0.1) is 11.4 Å². The van der Waals surface area contributed by atoms with Crippen LogP contribution in [0.3, 0.4) is 0 Å². The maximum atomic E-state index is 5.76. The van der Waals surface area contributed by atoms with Crippen LogP contribution in [-0.2, 0) is 0 Å². The summed E-state index contributed by atoms with van der Waals surface area (Å²) in [6, 6.07) is 2.02. The molecule has 0 amide bonds. The summed E-state index contributed by atoms with van der Waals surface area (Å²) in [6.45, 7) is 6.23. The van der Waals surface area contributed by atoms with E-state index in [9.17, 15) is 0 Å². The Bertz CT molecular complexity index is 295. The third-order valence-electron chi connectivity index (χ3n) is 1.85. The van der Waals surface area contributed by atoms with Gasteiger partial charge >= 0.3 is 0 Å². The molecule has 2 nitrogen and oxygen atoms in total. The lowest BCUT2D eigenvalue weighted by atomic mass is 10.1. The van der Waals surface area contributed by atoms with Crippen LogP contribution in [0.5, 0.6) is 0 Å².